The molecular formula is C29H40N2O4. The van der Waals surface area contributed by atoms with Crippen LogP contribution in [0.3, 0.4) is 0 Å². The maximum Gasteiger partial charge on any atom is 0.310 e. The lowest BCUT2D eigenvalue weighted by Gasteiger charge is -2.21. The smallest absolute Gasteiger partial charge is 0.310 e. The van der Waals surface area contributed by atoms with Crippen LogP contribution in [-0.2, 0) is 11.2 Å². The minimum absolute atomic E-state index is 0.153. The molecule has 1 unspecified atom stereocenters. The summed E-state index contributed by atoms with van der Waals surface area (Å²) in [6.07, 6.45) is 15.7. The zero-order valence-electron chi connectivity index (χ0n) is 21.0. The van der Waals surface area contributed by atoms with Gasteiger partial charge in [0.15, 0.2) is 11.6 Å². The highest BCUT2D eigenvalue weighted by Crippen LogP contribution is 2.42. The number of nitrogens with zero attached hydrogens (tertiary/aromatic N) is 1. The third-order valence-electron chi connectivity index (χ3n) is 8.15. The van der Waals surface area contributed by atoms with Crippen molar-refractivity contribution in [2.24, 2.45) is 11.8 Å². The molecule has 2 N–H and O–H groups in total. The van der Waals surface area contributed by atoms with Gasteiger partial charge >= 0.3 is 5.97 Å². The minimum Gasteiger partial charge on any atom is -0.481 e. The van der Waals surface area contributed by atoms with Crippen molar-refractivity contribution in [2.45, 2.75) is 95.8 Å². The van der Waals surface area contributed by atoms with Crippen molar-refractivity contribution < 1.29 is 19.1 Å². The van der Waals surface area contributed by atoms with Crippen LogP contribution in [0.1, 0.15) is 117 Å². The first-order chi connectivity index (χ1) is 17.0. The highest BCUT2D eigenvalue weighted by molar-refractivity contribution is 5.91. The summed E-state index contributed by atoms with van der Waals surface area (Å²) in [5, 5.41) is 12.5. The van der Waals surface area contributed by atoms with Gasteiger partial charge in [0.25, 0.3) is 5.91 Å². The van der Waals surface area contributed by atoms with Gasteiger partial charge in [0, 0.05) is 12.5 Å². The van der Waals surface area contributed by atoms with Crippen LogP contribution in [0.4, 0.5) is 0 Å². The summed E-state index contributed by atoms with van der Waals surface area (Å²) >= 11 is 0. The molecule has 35 heavy (non-hydrogen) atoms. The molecule has 2 aliphatic carbocycles. The van der Waals surface area contributed by atoms with Crippen LogP contribution in [0.15, 0.2) is 34.9 Å². The molecule has 1 aromatic heterocycles. The number of nitrogens with one attached hydrogen (secondary N) is 1. The van der Waals surface area contributed by atoms with E-state index in [1.54, 1.807) is 6.92 Å². The number of hydrogen-bond acceptors (Lipinski definition) is 4. The molecule has 190 valence electrons. The summed E-state index contributed by atoms with van der Waals surface area (Å²) in [5.41, 5.74) is 2.32. The molecule has 1 amide bonds. The molecule has 0 saturated heterocycles. The Kier molecular flexibility index (Phi) is 9.00. The number of unbranched alkanes of at least 4 members (excludes halogenated alkanes) is 1. The van der Waals surface area contributed by atoms with Gasteiger partial charge in [-0.1, -0.05) is 75.6 Å². The molecule has 0 bridgehead atoms. The molecule has 2 aliphatic rings. The SMILES string of the molecule is CC(C(=O)O)c1ccccc1C[C@@H]1CCC[C@@H]1c1nc(C(=O)NCCCCC2CCCCC2)co1. The van der Waals surface area contributed by atoms with E-state index in [2.05, 4.69) is 10.3 Å². The molecule has 4 rings (SSSR count). The van der Waals surface area contributed by atoms with Crippen molar-refractivity contribution in [3.05, 3.63) is 53.2 Å². The Morgan fingerprint density at radius 1 is 1.09 bits per heavy atom. The van der Waals surface area contributed by atoms with Crippen LogP contribution in [0.2, 0.25) is 0 Å². The van der Waals surface area contributed by atoms with Gasteiger partial charge in [-0.25, -0.2) is 4.98 Å². The highest BCUT2D eigenvalue weighted by atomic mass is 16.4. The zero-order chi connectivity index (χ0) is 24.6. The second kappa shape index (κ2) is 12.4. The fourth-order valence-corrected chi connectivity index (χ4v) is 6.05. The van der Waals surface area contributed by atoms with E-state index in [-0.39, 0.29) is 11.8 Å². The van der Waals surface area contributed by atoms with E-state index in [0.29, 0.717) is 24.0 Å². The molecule has 0 spiro atoms. The van der Waals surface area contributed by atoms with E-state index in [1.165, 1.54) is 51.2 Å². The average molecular weight is 481 g/mol. The Hall–Kier alpha value is -2.63. The maximum absolute atomic E-state index is 12.6. The van der Waals surface area contributed by atoms with Gasteiger partial charge in [-0.15, -0.1) is 0 Å². The third-order valence-corrected chi connectivity index (χ3v) is 8.15. The lowest BCUT2D eigenvalue weighted by atomic mass is 9.85. The van der Waals surface area contributed by atoms with E-state index >= 15 is 0 Å². The first-order valence-corrected chi connectivity index (χ1v) is 13.6. The molecule has 0 aliphatic heterocycles. The van der Waals surface area contributed by atoms with Gasteiger partial charge < -0.3 is 14.8 Å². The number of carbonyl (C=O) groups is 2. The summed E-state index contributed by atoms with van der Waals surface area (Å²) in [4.78, 5) is 28.7. The predicted octanol–water partition coefficient (Wildman–Crippen LogP) is 6.47. The normalized spacial score (nSPS) is 21.6. The quantitative estimate of drug-likeness (QED) is 0.360. The van der Waals surface area contributed by atoms with E-state index in [0.717, 1.165) is 49.1 Å². The fraction of sp³-hybridized carbons (Fsp3) is 0.621. The first kappa shape index (κ1) is 25.5. The molecular weight excluding hydrogens is 440 g/mol. The Labute approximate surface area is 208 Å². The van der Waals surface area contributed by atoms with Crippen molar-refractivity contribution in [3.63, 3.8) is 0 Å². The third kappa shape index (κ3) is 6.74. The highest BCUT2D eigenvalue weighted by Gasteiger charge is 2.33. The molecule has 6 nitrogen and oxygen atoms in total. The number of rotatable bonds is 11. The predicted molar refractivity (Wildman–Crippen MR) is 136 cm³/mol. The Balaban J connectivity index is 1.29. The zero-order valence-corrected chi connectivity index (χ0v) is 21.0. The summed E-state index contributed by atoms with van der Waals surface area (Å²) < 4.78 is 5.79. The van der Waals surface area contributed by atoms with Crippen LogP contribution in [0, 0.1) is 11.8 Å². The lowest BCUT2D eigenvalue weighted by Crippen LogP contribution is -2.25. The first-order valence-electron chi connectivity index (χ1n) is 13.6. The number of hydrogen-bond donors (Lipinski definition) is 2. The number of benzene rings is 1. The number of amides is 1. The number of oxazole rings is 1. The van der Waals surface area contributed by atoms with Crippen LogP contribution in [-0.4, -0.2) is 28.5 Å². The second-order valence-corrected chi connectivity index (χ2v) is 10.6. The van der Waals surface area contributed by atoms with Gasteiger partial charge in [0.05, 0.1) is 5.92 Å². The lowest BCUT2D eigenvalue weighted by molar-refractivity contribution is -0.138. The topological polar surface area (TPSA) is 92.4 Å². The summed E-state index contributed by atoms with van der Waals surface area (Å²) in [5.74, 6) is 0.498. The number of carbonyl (C=O) groups excluding carboxylic acids is 1. The Morgan fingerprint density at radius 3 is 2.69 bits per heavy atom. The molecule has 2 aromatic rings. The van der Waals surface area contributed by atoms with E-state index < -0.39 is 11.9 Å². The van der Waals surface area contributed by atoms with Crippen molar-refractivity contribution in [3.8, 4) is 0 Å². The number of aliphatic carboxylic acids is 1. The molecule has 2 fully saturated rings. The van der Waals surface area contributed by atoms with Crippen LogP contribution in [0.5, 0.6) is 0 Å². The van der Waals surface area contributed by atoms with Crippen molar-refractivity contribution >= 4 is 11.9 Å². The molecule has 6 heteroatoms. The Morgan fingerprint density at radius 2 is 1.89 bits per heavy atom. The minimum atomic E-state index is -0.808. The number of carboxylic acid groups (broad SMARTS) is 1. The monoisotopic (exact) mass is 480 g/mol. The summed E-state index contributed by atoms with van der Waals surface area (Å²) in [6.45, 7) is 2.42. The van der Waals surface area contributed by atoms with Gasteiger partial charge in [-0.3, -0.25) is 9.59 Å². The number of aromatic nitrogens is 1. The summed E-state index contributed by atoms with van der Waals surface area (Å²) in [7, 11) is 0. The van der Waals surface area contributed by atoms with E-state index in [9.17, 15) is 14.7 Å². The van der Waals surface area contributed by atoms with Gasteiger partial charge in [-0.05, 0) is 55.6 Å². The van der Waals surface area contributed by atoms with Gasteiger partial charge in [0.1, 0.15) is 6.26 Å². The van der Waals surface area contributed by atoms with E-state index in [1.807, 2.05) is 24.3 Å². The fourth-order valence-electron chi connectivity index (χ4n) is 6.05. The molecule has 0 radical (unpaired) electrons. The van der Waals surface area contributed by atoms with Crippen molar-refractivity contribution in [2.75, 3.05) is 6.54 Å². The Bertz CT molecular complexity index is 979. The largest absolute Gasteiger partial charge is 0.481 e. The maximum atomic E-state index is 12.6. The van der Waals surface area contributed by atoms with Crippen LogP contribution in [0.25, 0.3) is 0 Å². The average Bonchev–Trinajstić information content (AvgIpc) is 3.54. The molecule has 3 atom stereocenters. The molecule has 1 aromatic carbocycles. The van der Waals surface area contributed by atoms with Gasteiger partial charge in [-0.2, -0.15) is 0 Å². The van der Waals surface area contributed by atoms with Crippen LogP contribution < -0.4 is 5.32 Å². The van der Waals surface area contributed by atoms with Crippen molar-refractivity contribution in [1.29, 1.82) is 0 Å². The molecule has 1 heterocycles. The van der Waals surface area contributed by atoms with Crippen LogP contribution >= 0.6 is 0 Å². The second-order valence-electron chi connectivity index (χ2n) is 10.6. The van der Waals surface area contributed by atoms with Crippen molar-refractivity contribution in [1.82, 2.24) is 10.3 Å². The molecule has 2 saturated carbocycles. The van der Waals surface area contributed by atoms with E-state index in [4.69, 9.17) is 4.42 Å². The van der Waals surface area contributed by atoms with Gasteiger partial charge in [0.2, 0.25) is 0 Å². The standard InChI is InChI=1S/C29H40N2O4/c1-20(29(33)34)24-15-6-5-13-22(24)18-23-14-9-16-25(23)28-31-26(19-35-28)27(32)30-17-8-7-12-21-10-3-2-4-11-21/h5-6,13,15,19-21,23,25H,2-4,7-12,14,16-18H2,1H3,(H,30,32)(H,33,34)/t20?,23-,25-/m0/s1. The number of carboxylic acids is 1. The summed E-state index contributed by atoms with van der Waals surface area (Å²) in [6, 6.07) is 7.83.